The first-order valence-corrected chi connectivity index (χ1v) is 8.79. The molecule has 0 aliphatic carbocycles. The van der Waals surface area contributed by atoms with Gasteiger partial charge in [-0.2, -0.15) is 0 Å². The molecule has 3 nitrogen and oxygen atoms in total. The number of amides is 1. The Morgan fingerprint density at radius 2 is 1.08 bits per heavy atom. The molecule has 0 aliphatic heterocycles. The van der Waals surface area contributed by atoms with Gasteiger partial charge in [0, 0.05) is 14.1 Å². The summed E-state index contributed by atoms with van der Waals surface area (Å²) in [7, 11) is 3.58. The minimum Gasteiger partial charge on any atom is -0.347 e. The van der Waals surface area contributed by atoms with Crippen molar-refractivity contribution in [3.05, 3.63) is 108 Å². The molecule has 3 aromatic carbocycles. The van der Waals surface area contributed by atoms with Crippen LogP contribution in [0.2, 0.25) is 0 Å². The van der Waals surface area contributed by atoms with Gasteiger partial charge in [-0.05, 0) is 16.7 Å². The monoisotopic (exact) mass is 344 g/mol. The highest BCUT2D eigenvalue weighted by atomic mass is 16.2. The number of carbonyl (C=O) groups is 1. The number of hydrogen-bond donors (Lipinski definition) is 1. The van der Waals surface area contributed by atoms with Gasteiger partial charge in [0.15, 0.2) is 0 Å². The summed E-state index contributed by atoms with van der Waals surface area (Å²) in [5, 5.41) is 3.59. The first-order valence-electron chi connectivity index (χ1n) is 8.79. The number of likely N-dealkylation sites (N-methyl/N-ethyl adjacent to an activating group) is 1. The number of nitrogens with one attached hydrogen (secondary N) is 1. The largest absolute Gasteiger partial charge is 0.347 e. The summed E-state index contributed by atoms with van der Waals surface area (Å²) in [6, 6.07) is 29.9. The van der Waals surface area contributed by atoms with Crippen molar-refractivity contribution in [3.63, 3.8) is 0 Å². The Hall–Kier alpha value is -2.91. The molecule has 0 saturated carbocycles. The third-order valence-electron chi connectivity index (χ3n) is 4.42. The van der Waals surface area contributed by atoms with E-state index in [0.29, 0.717) is 0 Å². The number of hydrogen-bond acceptors (Lipinski definition) is 2. The van der Waals surface area contributed by atoms with Crippen LogP contribution in [0.1, 0.15) is 28.8 Å². The van der Waals surface area contributed by atoms with E-state index in [-0.39, 0.29) is 11.9 Å². The van der Waals surface area contributed by atoms with Gasteiger partial charge in [-0.15, -0.1) is 0 Å². The van der Waals surface area contributed by atoms with E-state index in [1.54, 1.807) is 19.0 Å². The summed E-state index contributed by atoms with van der Waals surface area (Å²) >= 11 is 0. The average Bonchev–Trinajstić information content (AvgIpc) is 2.70. The van der Waals surface area contributed by atoms with Gasteiger partial charge >= 0.3 is 0 Å². The van der Waals surface area contributed by atoms with Crippen LogP contribution in [0, 0.1) is 0 Å². The minimum absolute atomic E-state index is 0.0352. The van der Waals surface area contributed by atoms with Crippen LogP contribution in [-0.4, -0.2) is 24.9 Å². The van der Waals surface area contributed by atoms with Gasteiger partial charge in [-0.1, -0.05) is 91.0 Å². The molecule has 0 bridgehead atoms. The van der Waals surface area contributed by atoms with E-state index in [0.717, 1.165) is 16.7 Å². The van der Waals surface area contributed by atoms with E-state index in [9.17, 15) is 4.79 Å². The zero-order valence-corrected chi connectivity index (χ0v) is 15.2. The Bertz CT molecular complexity index is 777. The zero-order valence-electron chi connectivity index (χ0n) is 15.2. The maximum Gasteiger partial charge on any atom is 0.243 e. The molecule has 3 heteroatoms. The maximum atomic E-state index is 12.9. The lowest BCUT2D eigenvalue weighted by Gasteiger charge is -2.28. The second kappa shape index (κ2) is 8.45. The SMILES string of the molecule is CN(C)C(=O)[C@H](NC(c1ccccc1)c1ccccc1)c1ccccc1. The van der Waals surface area contributed by atoms with Crippen molar-refractivity contribution in [2.45, 2.75) is 12.1 Å². The summed E-state index contributed by atoms with van der Waals surface area (Å²) in [4.78, 5) is 14.5. The van der Waals surface area contributed by atoms with Crippen molar-refractivity contribution < 1.29 is 4.79 Å². The van der Waals surface area contributed by atoms with Crippen LogP contribution in [0.5, 0.6) is 0 Å². The molecule has 0 fully saturated rings. The Kier molecular flexibility index (Phi) is 5.82. The van der Waals surface area contributed by atoms with Crippen molar-refractivity contribution in [3.8, 4) is 0 Å². The van der Waals surface area contributed by atoms with Gasteiger partial charge in [0.05, 0.1) is 6.04 Å². The summed E-state index contributed by atoms with van der Waals surface area (Å²) in [6.45, 7) is 0. The maximum absolute atomic E-state index is 12.9. The molecule has 1 N–H and O–H groups in total. The Morgan fingerprint density at radius 3 is 1.46 bits per heavy atom. The highest BCUT2D eigenvalue weighted by Gasteiger charge is 2.26. The third kappa shape index (κ3) is 4.19. The van der Waals surface area contributed by atoms with E-state index in [2.05, 4.69) is 29.6 Å². The molecule has 1 atom stereocenters. The topological polar surface area (TPSA) is 32.3 Å². The lowest BCUT2D eigenvalue weighted by atomic mass is 9.96. The van der Waals surface area contributed by atoms with Gasteiger partial charge in [0.1, 0.15) is 6.04 Å². The molecule has 0 aromatic heterocycles. The van der Waals surface area contributed by atoms with Crippen molar-refractivity contribution in [1.82, 2.24) is 10.2 Å². The minimum atomic E-state index is -0.420. The lowest BCUT2D eigenvalue weighted by molar-refractivity contribution is -0.131. The van der Waals surface area contributed by atoms with E-state index in [1.165, 1.54) is 0 Å². The fourth-order valence-electron chi connectivity index (χ4n) is 3.06. The lowest BCUT2D eigenvalue weighted by Crippen LogP contribution is -2.39. The zero-order chi connectivity index (χ0) is 18.4. The standard InChI is InChI=1S/C23H24N2O/c1-25(2)23(26)22(20-16-10-5-11-17-20)24-21(18-12-6-3-7-13-18)19-14-8-4-9-15-19/h3-17,21-22,24H,1-2H3/t22-/m1/s1. The second-order valence-electron chi connectivity index (χ2n) is 6.50. The summed E-state index contributed by atoms with van der Waals surface area (Å²) in [6.07, 6.45) is 0. The van der Waals surface area contributed by atoms with Crippen LogP contribution in [0.15, 0.2) is 91.0 Å². The first kappa shape index (κ1) is 17.9. The molecule has 0 spiro atoms. The van der Waals surface area contributed by atoms with Crippen LogP contribution in [0.3, 0.4) is 0 Å². The van der Waals surface area contributed by atoms with Crippen molar-refractivity contribution in [2.75, 3.05) is 14.1 Å². The van der Waals surface area contributed by atoms with Gasteiger partial charge in [-0.25, -0.2) is 0 Å². The summed E-state index contributed by atoms with van der Waals surface area (Å²) in [5.41, 5.74) is 3.22. The molecule has 0 heterocycles. The molecule has 132 valence electrons. The molecular formula is C23H24N2O. The molecule has 3 rings (SSSR count). The number of rotatable bonds is 6. The van der Waals surface area contributed by atoms with Gasteiger partial charge in [0.2, 0.25) is 5.91 Å². The molecular weight excluding hydrogens is 320 g/mol. The Labute approximate surface area is 155 Å². The molecule has 3 aromatic rings. The van der Waals surface area contributed by atoms with Gasteiger partial charge in [0.25, 0.3) is 0 Å². The molecule has 0 radical (unpaired) electrons. The predicted molar refractivity (Wildman–Crippen MR) is 106 cm³/mol. The molecule has 1 amide bonds. The quantitative estimate of drug-likeness (QED) is 0.727. The van der Waals surface area contributed by atoms with E-state index in [4.69, 9.17) is 0 Å². The number of nitrogens with zero attached hydrogens (tertiary/aromatic N) is 1. The van der Waals surface area contributed by atoms with Crippen LogP contribution >= 0.6 is 0 Å². The number of carbonyl (C=O) groups excluding carboxylic acids is 1. The molecule has 0 saturated heterocycles. The average molecular weight is 344 g/mol. The van der Waals surface area contributed by atoms with E-state index in [1.807, 2.05) is 66.7 Å². The van der Waals surface area contributed by atoms with Crippen LogP contribution in [0.25, 0.3) is 0 Å². The van der Waals surface area contributed by atoms with Crippen LogP contribution < -0.4 is 5.32 Å². The van der Waals surface area contributed by atoms with Crippen LogP contribution in [-0.2, 0) is 4.79 Å². The first-order chi connectivity index (χ1) is 12.7. The Balaban J connectivity index is 2.01. The fourth-order valence-corrected chi connectivity index (χ4v) is 3.06. The smallest absolute Gasteiger partial charge is 0.243 e. The van der Waals surface area contributed by atoms with E-state index < -0.39 is 6.04 Å². The highest BCUT2D eigenvalue weighted by molar-refractivity contribution is 5.83. The second-order valence-corrected chi connectivity index (χ2v) is 6.50. The van der Waals surface area contributed by atoms with Crippen molar-refractivity contribution in [1.29, 1.82) is 0 Å². The Morgan fingerprint density at radius 1 is 0.692 bits per heavy atom. The van der Waals surface area contributed by atoms with Gasteiger partial charge < -0.3 is 4.90 Å². The predicted octanol–water partition coefficient (Wildman–Crippen LogP) is 4.20. The highest BCUT2D eigenvalue weighted by Crippen LogP contribution is 2.26. The van der Waals surface area contributed by atoms with Gasteiger partial charge in [-0.3, -0.25) is 10.1 Å². The third-order valence-corrected chi connectivity index (χ3v) is 4.42. The number of benzene rings is 3. The summed E-state index contributed by atoms with van der Waals surface area (Å²) < 4.78 is 0. The normalized spacial score (nSPS) is 12.0. The van der Waals surface area contributed by atoms with Crippen LogP contribution in [0.4, 0.5) is 0 Å². The van der Waals surface area contributed by atoms with Crippen molar-refractivity contribution >= 4 is 5.91 Å². The van der Waals surface area contributed by atoms with Crippen molar-refractivity contribution in [2.24, 2.45) is 0 Å². The summed E-state index contributed by atoms with van der Waals surface area (Å²) in [5.74, 6) is 0.0352. The molecule has 26 heavy (non-hydrogen) atoms. The fraction of sp³-hybridized carbons (Fsp3) is 0.174. The molecule has 0 unspecified atom stereocenters. The van der Waals surface area contributed by atoms with E-state index >= 15 is 0 Å². The molecule has 0 aliphatic rings.